The second-order valence-corrected chi connectivity index (χ2v) is 7.06. The molecule has 0 aliphatic heterocycles. The number of rotatable bonds is 9. The van der Waals surface area contributed by atoms with E-state index in [4.69, 9.17) is 0 Å². The van der Waals surface area contributed by atoms with Gasteiger partial charge in [-0.1, -0.05) is 74.5 Å². The van der Waals surface area contributed by atoms with Crippen LogP contribution in [-0.2, 0) is 10.4 Å². The monoisotopic (exact) mass is 368 g/mol. The Morgan fingerprint density at radius 1 is 0.889 bits per heavy atom. The van der Waals surface area contributed by atoms with Crippen LogP contribution < -0.4 is 0 Å². The summed E-state index contributed by atoms with van der Waals surface area (Å²) in [5, 5.41) is 11.7. The van der Waals surface area contributed by atoms with Gasteiger partial charge in [0.25, 0.3) is 5.91 Å². The van der Waals surface area contributed by atoms with E-state index in [9.17, 15) is 9.90 Å². The van der Waals surface area contributed by atoms with Crippen molar-refractivity contribution in [3.63, 3.8) is 0 Å². The van der Waals surface area contributed by atoms with Gasteiger partial charge in [-0.25, -0.2) is 0 Å². The highest BCUT2D eigenvalue weighted by molar-refractivity contribution is 5.90. The van der Waals surface area contributed by atoms with Crippen LogP contribution in [-0.4, -0.2) is 53.0 Å². The Kier molecular flexibility index (Phi) is 7.57. The summed E-state index contributed by atoms with van der Waals surface area (Å²) in [4.78, 5) is 17.7. The summed E-state index contributed by atoms with van der Waals surface area (Å²) in [6.45, 7) is 11.5. The number of nitrogens with zero attached hydrogens (tertiary/aromatic N) is 2. The molecule has 0 heterocycles. The van der Waals surface area contributed by atoms with Crippen molar-refractivity contribution in [1.29, 1.82) is 0 Å². The third-order valence-electron chi connectivity index (χ3n) is 5.13. The van der Waals surface area contributed by atoms with Crippen LogP contribution in [0.3, 0.4) is 0 Å². The van der Waals surface area contributed by atoms with Crippen molar-refractivity contribution in [3.8, 4) is 0 Å². The second kappa shape index (κ2) is 9.67. The molecule has 146 valence electrons. The molecule has 4 heteroatoms. The quantitative estimate of drug-likeness (QED) is 0.737. The summed E-state index contributed by atoms with van der Waals surface area (Å²) in [6, 6.07) is 18.4. The molecule has 27 heavy (non-hydrogen) atoms. The van der Waals surface area contributed by atoms with Crippen molar-refractivity contribution < 1.29 is 9.90 Å². The highest BCUT2D eigenvalue weighted by atomic mass is 16.3. The smallest absolute Gasteiger partial charge is 0.264 e. The van der Waals surface area contributed by atoms with Gasteiger partial charge in [-0.05, 0) is 38.1 Å². The van der Waals surface area contributed by atoms with Gasteiger partial charge in [0, 0.05) is 19.1 Å². The summed E-state index contributed by atoms with van der Waals surface area (Å²) in [5.41, 5.74) is -0.514. The lowest BCUT2D eigenvalue weighted by molar-refractivity contribution is -0.150. The first-order valence-corrected chi connectivity index (χ1v) is 9.81. The van der Waals surface area contributed by atoms with E-state index in [-0.39, 0.29) is 11.9 Å². The number of hydrogen-bond acceptors (Lipinski definition) is 3. The maximum atomic E-state index is 13.7. The normalized spacial score (nSPS) is 11.8. The predicted molar refractivity (Wildman–Crippen MR) is 111 cm³/mol. The van der Waals surface area contributed by atoms with Crippen LogP contribution in [0.25, 0.3) is 0 Å². The number of aliphatic hydroxyl groups is 1. The van der Waals surface area contributed by atoms with Crippen molar-refractivity contribution in [2.24, 2.45) is 0 Å². The van der Waals surface area contributed by atoms with Gasteiger partial charge in [0.2, 0.25) is 0 Å². The Balaban J connectivity index is 2.43. The van der Waals surface area contributed by atoms with E-state index < -0.39 is 5.60 Å². The third-order valence-corrected chi connectivity index (χ3v) is 5.13. The molecule has 0 saturated heterocycles. The molecular formula is C23H32N2O2. The van der Waals surface area contributed by atoms with Gasteiger partial charge in [0.15, 0.2) is 5.60 Å². The first-order valence-electron chi connectivity index (χ1n) is 9.81. The molecule has 0 aromatic heterocycles. The fourth-order valence-corrected chi connectivity index (χ4v) is 3.36. The number of amides is 1. The Morgan fingerprint density at radius 2 is 1.33 bits per heavy atom. The summed E-state index contributed by atoms with van der Waals surface area (Å²) in [7, 11) is 0. The number of benzene rings is 2. The van der Waals surface area contributed by atoms with E-state index >= 15 is 0 Å². The molecule has 2 aromatic carbocycles. The van der Waals surface area contributed by atoms with Gasteiger partial charge in [-0.2, -0.15) is 0 Å². The zero-order chi connectivity index (χ0) is 19.9. The largest absolute Gasteiger partial charge is 0.372 e. The Morgan fingerprint density at radius 3 is 1.70 bits per heavy atom. The highest BCUT2D eigenvalue weighted by Gasteiger charge is 2.43. The van der Waals surface area contributed by atoms with Gasteiger partial charge >= 0.3 is 0 Å². The molecule has 1 N–H and O–H groups in total. The predicted octanol–water partition coefficient (Wildman–Crippen LogP) is 3.50. The number of carbonyl (C=O) groups excluding carboxylic acids is 1. The SMILES string of the molecule is CCN(CC)CCN(C(=O)C(O)(c1ccccc1)c1ccccc1)C(C)C. The number of likely N-dealkylation sites (N-methyl/N-ethyl adjacent to an activating group) is 1. The van der Waals surface area contributed by atoms with Gasteiger partial charge in [0.1, 0.15) is 0 Å². The lowest BCUT2D eigenvalue weighted by Gasteiger charge is -2.37. The molecule has 2 rings (SSSR count). The van der Waals surface area contributed by atoms with Crippen molar-refractivity contribution in [1.82, 2.24) is 9.80 Å². The molecule has 0 spiro atoms. The minimum Gasteiger partial charge on any atom is -0.372 e. The first kappa shape index (κ1) is 21.1. The summed E-state index contributed by atoms with van der Waals surface area (Å²) in [6.07, 6.45) is 0. The molecule has 0 unspecified atom stereocenters. The van der Waals surface area contributed by atoms with Gasteiger partial charge in [-0.15, -0.1) is 0 Å². The van der Waals surface area contributed by atoms with Crippen molar-refractivity contribution in [2.75, 3.05) is 26.2 Å². The fourth-order valence-electron chi connectivity index (χ4n) is 3.36. The van der Waals surface area contributed by atoms with Gasteiger partial charge in [-0.3, -0.25) is 4.79 Å². The van der Waals surface area contributed by atoms with Crippen molar-refractivity contribution in [3.05, 3.63) is 71.8 Å². The number of hydrogen-bond donors (Lipinski definition) is 1. The van der Waals surface area contributed by atoms with E-state index in [0.717, 1.165) is 19.6 Å². The average molecular weight is 369 g/mol. The summed E-state index contributed by atoms with van der Waals surface area (Å²) >= 11 is 0. The van der Waals surface area contributed by atoms with Crippen LogP contribution >= 0.6 is 0 Å². The molecule has 0 radical (unpaired) electrons. The van der Waals surface area contributed by atoms with Crippen LogP contribution in [0.2, 0.25) is 0 Å². The summed E-state index contributed by atoms with van der Waals surface area (Å²) < 4.78 is 0. The minimum atomic E-state index is -1.70. The van der Waals surface area contributed by atoms with E-state index in [1.807, 2.05) is 74.5 Å². The van der Waals surface area contributed by atoms with Crippen LogP contribution in [0, 0.1) is 0 Å². The molecule has 4 nitrogen and oxygen atoms in total. The van der Waals surface area contributed by atoms with E-state index in [1.165, 1.54) is 0 Å². The average Bonchev–Trinajstić information content (AvgIpc) is 2.71. The number of carbonyl (C=O) groups is 1. The molecule has 0 aliphatic carbocycles. The Hall–Kier alpha value is -2.17. The molecule has 2 aromatic rings. The maximum Gasteiger partial charge on any atom is 0.264 e. The molecule has 0 saturated carbocycles. The topological polar surface area (TPSA) is 43.8 Å². The zero-order valence-corrected chi connectivity index (χ0v) is 16.9. The van der Waals surface area contributed by atoms with Crippen LogP contribution in [0.4, 0.5) is 0 Å². The lowest BCUT2D eigenvalue weighted by Crippen LogP contribution is -2.52. The highest BCUT2D eigenvalue weighted by Crippen LogP contribution is 2.32. The third kappa shape index (κ3) is 4.76. The fraction of sp³-hybridized carbons (Fsp3) is 0.435. The van der Waals surface area contributed by atoms with Gasteiger partial charge < -0.3 is 14.9 Å². The standard InChI is InChI=1S/C23H32N2O2/c1-5-24(6-2)17-18-25(19(3)4)22(26)23(27,20-13-9-7-10-14-20)21-15-11-8-12-16-21/h7-16,19,27H,5-6,17-18H2,1-4H3. The zero-order valence-electron chi connectivity index (χ0n) is 16.9. The van der Waals surface area contributed by atoms with Crippen LogP contribution in [0.15, 0.2) is 60.7 Å². The van der Waals surface area contributed by atoms with E-state index in [0.29, 0.717) is 17.7 Å². The summed E-state index contributed by atoms with van der Waals surface area (Å²) in [5.74, 6) is -0.276. The van der Waals surface area contributed by atoms with Crippen LogP contribution in [0.1, 0.15) is 38.8 Å². The Labute approximate surface area is 163 Å². The second-order valence-electron chi connectivity index (χ2n) is 7.06. The van der Waals surface area contributed by atoms with Gasteiger partial charge in [0.05, 0.1) is 0 Å². The maximum absolute atomic E-state index is 13.7. The van der Waals surface area contributed by atoms with E-state index in [1.54, 1.807) is 4.90 Å². The molecule has 0 fully saturated rings. The first-order chi connectivity index (χ1) is 12.9. The minimum absolute atomic E-state index is 0.00740. The molecular weight excluding hydrogens is 336 g/mol. The molecule has 1 amide bonds. The molecule has 0 aliphatic rings. The van der Waals surface area contributed by atoms with Crippen molar-refractivity contribution >= 4 is 5.91 Å². The lowest BCUT2D eigenvalue weighted by atomic mass is 9.84. The van der Waals surface area contributed by atoms with Crippen molar-refractivity contribution in [2.45, 2.75) is 39.3 Å². The van der Waals surface area contributed by atoms with Crippen LogP contribution in [0.5, 0.6) is 0 Å². The Bertz CT molecular complexity index is 657. The van der Waals surface area contributed by atoms with E-state index in [2.05, 4.69) is 18.7 Å². The molecule has 0 atom stereocenters. The molecule has 0 bridgehead atoms.